The van der Waals surface area contributed by atoms with E-state index >= 15 is 0 Å². The van der Waals surface area contributed by atoms with E-state index in [1.165, 1.54) is 0 Å². The Morgan fingerprint density at radius 2 is 1.75 bits per heavy atom. The summed E-state index contributed by atoms with van der Waals surface area (Å²) >= 11 is 0. The second kappa shape index (κ2) is 6.35. The van der Waals surface area contributed by atoms with Crippen LogP contribution in [0.15, 0.2) is 12.1 Å². The topological polar surface area (TPSA) is 64.7 Å². The summed E-state index contributed by atoms with van der Waals surface area (Å²) in [5, 5.41) is 8.52. The quantitative estimate of drug-likeness (QED) is 0.565. The van der Waals surface area contributed by atoms with E-state index in [2.05, 4.69) is 0 Å². The highest BCUT2D eigenvalue weighted by molar-refractivity contribution is 5.52. The van der Waals surface area contributed by atoms with E-state index < -0.39 is 0 Å². The first-order chi connectivity index (χ1) is 7.65. The summed E-state index contributed by atoms with van der Waals surface area (Å²) in [5.41, 5.74) is 8.52. The molecule has 0 aromatic heterocycles. The number of nitrogens with two attached hydrogens (primary N) is 1. The molecule has 4 heteroatoms. The molecule has 1 rings (SSSR count). The van der Waals surface area contributed by atoms with Gasteiger partial charge in [-0.1, -0.05) is 0 Å². The van der Waals surface area contributed by atoms with Crippen molar-refractivity contribution in [2.45, 2.75) is 13.8 Å². The predicted molar refractivity (Wildman–Crippen MR) is 63.7 cm³/mol. The molecule has 0 unspecified atom stereocenters. The maximum Gasteiger partial charge on any atom is 0.125 e. The molecule has 0 spiro atoms. The van der Waals surface area contributed by atoms with Crippen LogP contribution in [0.4, 0.5) is 5.69 Å². The average Bonchev–Trinajstić information content (AvgIpc) is 2.20. The fourth-order valence-electron chi connectivity index (χ4n) is 1.58. The zero-order chi connectivity index (χ0) is 12.0. The molecular weight excluding hydrogens is 206 g/mol. The Hall–Kier alpha value is -1.26. The van der Waals surface area contributed by atoms with Crippen molar-refractivity contribution in [3.05, 3.63) is 23.3 Å². The number of hydrogen-bond acceptors (Lipinski definition) is 4. The van der Waals surface area contributed by atoms with Crippen molar-refractivity contribution in [1.29, 1.82) is 0 Å². The molecule has 0 bridgehead atoms. The SMILES string of the molecule is Cc1cc(N)cc(C)c1OCCOCCO. The molecule has 0 saturated heterocycles. The number of ether oxygens (including phenoxy) is 2. The van der Waals surface area contributed by atoms with Gasteiger partial charge in [0, 0.05) is 5.69 Å². The Bertz CT molecular complexity index is 316. The van der Waals surface area contributed by atoms with Crippen molar-refractivity contribution in [3.8, 4) is 5.75 Å². The number of nitrogen functional groups attached to an aromatic ring is 1. The molecule has 0 amide bonds. The van der Waals surface area contributed by atoms with Crippen LogP contribution in [0.1, 0.15) is 11.1 Å². The van der Waals surface area contributed by atoms with E-state index in [1.807, 2.05) is 26.0 Å². The molecule has 3 N–H and O–H groups in total. The number of aryl methyl sites for hydroxylation is 2. The first-order valence-electron chi connectivity index (χ1n) is 5.33. The first kappa shape index (κ1) is 12.8. The van der Waals surface area contributed by atoms with Crippen LogP contribution in [-0.2, 0) is 4.74 Å². The number of hydrogen-bond donors (Lipinski definition) is 2. The van der Waals surface area contributed by atoms with E-state index in [-0.39, 0.29) is 6.61 Å². The van der Waals surface area contributed by atoms with E-state index in [0.717, 1.165) is 22.6 Å². The van der Waals surface area contributed by atoms with Gasteiger partial charge in [-0.25, -0.2) is 0 Å². The van der Waals surface area contributed by atoms with Crippen molar-refractivity contribution < 1.29 is 14.6 Å². The van der Waals surface area contributed by atoms with Gasteiger partial charge in [0.05, 0.1) is 19.8 Å². The first-order valence-corrected chi connectivity index (χ1v) is 5.33. The fraction of sp³-hybridized carbons (Fsp3) is 0.500. The minimum atomic E-state index is 0.0416. The zero-order valence-corrected chi connectivity index (χ0v) is 9.82. The molecular formula is C12H19NO3. The smallest absolute Gasteiger partial charge is 0.125 e. The Morgan fingerprint density at radius 1 is 1.12 bits per heavy atom. The van der Waals surface area contributed by atoms with Gasteiger partial charge in [0.15, 0.2) is 0 Å². The lowest BCUT2D eigenvalue weighted by Crippen LogP contribution is -2.10. The van der Waals surface area contributed by atoms with Crippen LogP contribution < -0.4 is 10.5 Å². The Kier molecular flexibility index (Phi) is 5.08. The molecule has 0 radical (unpaired) electrons. The molecule has 1 aromatic rings. The lowest BCUT2D eigenvalue weighted by molar-refractivity contribution is 0.0702. The van der Waals surface area contributed by atoms with Crippen molar-refractivity contribution in [2.24, 2.45) is 0 Å². The van der Waals surface area contributed by atoms with Crippen LogP contribution in [0.5, 0.6) is 5.75 Å². The van der Waals surface area contributed by atoms with Crippen LogP contribution >= 0.6 is 0 Å². The molecule has 0 fully saturated rings. The molecule has 90 valence electrons. The number of aliphatic hydroxyl groups excluding tert-OH is 1. The second-order valence-electron chi connectivity index (χ2n) is 3.67. The third-order valence-corrected chi connectivity index (χ3v) is 2.19. The molecule has 4 nitrogen and oxygen atoms in total. The summed E-state index contributed by atoms with van der Waals surface area (Å²) in [4.78, 5) is 0. The minimum Gasteiger partial charge on any atom is -0.491 e. The summed E-state index contributed by atoms with van der Waals surface area (Å²) in [6.07, 6.45) is 0. The molecule has 0 aliphatic heterocycles. The summed E-state index contributed by atoms with van der Waals surface area (Å²) in [6, 6.07) is 3.77. The van der Waals surface area contributed by atoms with Gasteiger partial charge in [0.25, 0.3) is 0 Å². The van der Waals surface area contributed by atoms with Crippen LogP contribution in [0.3, 0.4) is 0 Å². The predicted octanol–water partition coefficient (Wildman–Crippen LogP) is 1.27. The molecule has 0 aliphatic carbocycles. The highest BCUT2D eigenvalue weighted by Gasteiger charge is 2.04. The van der Waals surface area contributed by atoms with Gasteiger partial charge in [-0.05, 0) is 37.1 Å². The Balaban J connectivity index is 2.47. The van der Waals surface area contributed by atoms with Gasteiger partial charge in [0.2, 0.25) is 0 Å². The van der Waals surface area contributed by atoms with Gasteiger partial charge < -0.3 is 20.3 Å². The molecule has 0 heterocycles. The standard InChI is InChI=1S/C12H19NO3/c1-9-7-11(13)8-10(2)12(9)16-6-5-15-4-3-14/h7-8,14H,3-6,13H2,1-2H3. The van der Waals surface area contributed by atoms with E-state index in [4.69, 9.17) is 20.3 Å². The van der Waals surface area contributed by atoms with E-state index in [9.17, 15) is 0 Å². The fourth-order valence-corrected chi connectivity index (χ4v) is 1.58. The van der Waals surface area contributed by atoms with Crippen LogP contribution in [0, 0.1) is 13.8 Å². The van der Waals surface area contributed by atoms with Crippen LogP contribution in [-0.4, -0.2) is 31.5 Å². The summed E-state index contributed by atoms with van der Waals surface area (Å²) in [6.45, 7) is 5.28. The van der Waals surface area contributed by atoms with Crippen molar-refractivity contribution >= 4 is 5.69 Å². The number of anilines is 1. The molecule has 0 aliphatic rings. The Labute approximate surface area is 96.0 Å². The monoisotopic (exact) mass is 225 g/mol. The van der Waals surface area contributed by atoms with Gasteiger partial charge >= 0.3 is 0 Å². The number of benzene rings is 1. The second-order valence-corrected chi connectivity index (χ2v) is 3.67. The molecule has 0 atom stereocenters. The average molecular weight is 225 g/mol. The molecule has 16 heavy (non-hydrogen) atoms. The van der Waals surface area contributed by atoms with E-state index in [0.29, 0.717) is 19.8 Å². The summed E-state index contributed by atoms with van der Waals surface area (Å²) in [5.74, 6) is 0.863. The van der Waals surface area contributed by atoms with Gasteiger partial charge in [-0.2, -0.15) is 0 Å². The largest absolute Gasteiger partial charge is 0.491 e. The van der Waals surface area contributed by atoms with Crippen LogP contribution in [0.25, 0.3) is 0 Å². The molecule has 0 saturated carbocycles. The lowest BCUT2D eigenvalue weighted by atomic mass is 10.1. The van der Waals surface area contributed by atoms with Gasteiger partial charge in [-0.15, -0.1) is 0 Å². The highest BCUT2D eigenvalue weighted by Crippen LogP contribution is 2.25. The third kappa shape index (κ3) is 3.72. The van der Waals surface area contributed by atoms with Gasteiger partial charge in [0.1, 0.15) is 12.4 Å². The number of aliphatic hydroxyl groups is 1. The Morgan fingerprint density at radius 3 is 2.31 bits per heavy atom. The van der Waals surface area contributed by atoms with Crippen molar-refractivity contribution in [3.63, 3.8) is 0 Å². The zero-order valence-electron chi connectivity index (χ0n) is 9.82. The third-order valence-electron chi connectivity index (χ3n) is 2.19. The van der Waals surface area contributed by atoms with Gasteiger partial charge in [-0.3, -0.25) is 0 Å². The maximum atomic E-state index is 8.52. The van der Waals surface area contributed by atoms with Crippen molar-refractivity contribution in [1.82, 2.24) is 0 Å². The summed E-state index contributed by atoms with van der Waals surface area (Å²) in [7, 11) is 0. The summed E-state index contributed by atoms with van der Waals surface area (Å²) < 4.78 is 10.7. The molecule has 1 aromatic carbocycles. The highest BCUT2D eigenvalue weighted by atomic mass is 16.5. The lowest BCUT2D eigenvalue weighted by Gasteiger charge is -2.12. The normalized spacial score (nSPS) is 10.4. The number of rotatable bonds is 6. The van der Waals surface area contributed by atoms with Crippen molar-refractivity contribution in [2.75, 3.05) is 32.2 Å². The van der Waals surface area contributed by atoms with E-state index in [1.54, 1.807) is 0 Å². The maximum absolute atomic E-state index is 8.52. The van der Waals surface area contributed by atoms with Crippen LogP contribution in [0.2, 0.25) is 0 Å². The minimum absolute atomic E-state index is 0.0416.